The third-order valence-electron chi connectivity index (χ3n) is 5.29. The fraction of sp³-hybridized carbons (Fsp3) is 0.667. The van der Waals surface area contributed by atoms with Gasteiger partial charge in [0, 0.05) is 5.02 Å². The SMILES string of the molecule is CC1CCC(c2ccc(C3CCNCC3)cc2Cl)CC1. The van der Waals surface area contributed by atoms with E-state index in [9.17, 15) is 0 Å². The van der Waals surface area contributed by atoms with Crippen LogP contribution in [-0.2, 0) is 0 Å². The molecule has 0 unspecified atom stereocenters. The molecular weight excluding hydrogens is 266 g/mol. The van der Waals surface area contributed by atoms with E-state index in [-0.39, 0.29) is 0 Å². The number of hydrogen-bond donors (Lipinski definition) is 1. The Balaban J connectivity index is 1.73. The molecule has 2 aliphatic rings. The Labute approximate surface area is 128 Å². The predicted octanol–water partition coefficient (Wildman–Crippen LogP) is 5.10. The predicted molar refractivity (Wildman–Crippen MR) is 86.7 cm³/mol. The van der Waals surface area contributed by atoms with Crippen molar-refractivity contribution in [2.75, 3.05) is 13.1 Å². The number of halogens is 1. The first-order chi connectivity index (χ1) is 9.74. The lowest BCUT2D eigenvalue weighted by molar-refractivity contribution is 0.348. The zero-order valence-corrected chi connectivity index (χ0v) is 13.3. The molecule has 3 rings (SSSR count). The molecule has 1 N–H and O–H groups in total. The summed E-state index contributed by atoms with van der Waals surface area (Å²) in [5.74, 6) is 2.30. The van der Waals surface area contributed by atoms with Crippen molar-refractivity contribution < 1.29 is 0 Å². The summed E-state index contributed by atoms with van der Waals surface area (Å²) in [7, 11) is 0. The van der Waals surface area contributed by atoms with Gasteiger partial charge in [-0.15, -0.1) is 0 Å². The van der Waals surface area contributed by atoms with E-state index in [1.165, 1.54) is 49.7 Å². The van der Waals surface area contributed by atoms with E-state index in [1.54, 1.807) is 0 Å². The molecule has 2 fully saturated rings. The summed E-state index contributed by atoms with van der Waals surface area (Å²) >= 11 is 6.60. The van der Waals surface area contributed by atoms with Crippen LogP contribution in [0.4, 0.5) is 0 Å². The van der Waals surface area contributed by atoms with Crippen LogP contribution in [0, 0.1) is 5.92 Å². The molecule has 1 aromatic rings. The van der Waals surface area contributed by atoms with Crippen molar-refractivity contribution in [1.82, 2.24) is 5.32 Å². The lowest BCUT2D eigenvalue weighted by Crippen LogP contribution is -2.26. The second-order valence-corrected chi connectivity index (χ2v) is 7.17. The third-order valence-corrected chi connectivity index (χ3v) is 5.62. The highest BCUT2D eigenvalue weighted by Crippen LogP contribution is 2.39. The van der Waals surface area contributed by atoms with Crippen molar-refractivity contribution in [3.8, 4) is 0 Å². The van der Waals surface area contributed by atoms with Gasteiger partial charge in [-0.1, -0.05) is 43.5 Å². The molecule has 1 saturated carbocycles. The van der Waals surface area contributed by atoms with Gasteiger partial charge in [-0.25, -0.2) is 0 Å². The summed E-state index contributed by atoms with van der Waals surface area (Å²) in [4.78, 5) is 0. The van der Waals surface area contributed by atoms with Crippen LogP contribution in [-0.4, -0.2) is 13.1 Å². The zero-order chi connectivity index (χ0) is 13.9. The quantitative estimate of drug-likeness (QED) is 0.799. The van der Waals surface area contributed by atoms with Crippen LogP contribution >= 0.6 is 11.6 Å². The van der Waals surface area contributed by atoms with Crippen molar-refractivity contribution in [3.05, 3.63) is 34.3 Å². The van der Waals surface area contributed by atoms with Crippen LogP contribution in [0.2, 0.25) is 5.02 Å². The molecule has 0 atom stereocenters. The maximum Gasteiger partial charge on any atom is 0.0443 e. The fourth-order valence-corrected chi connectivity index (χ4v) is 4.20. The molecule has 1 nitrogen and oxygen atoms in total. The van der Waals surface area contributed by atoms with Gasteiger partial charge in [-0.2, -0.15) is 0 Å². The maximum absolute atomic E-state index is 6.60. The summed E-state index contributed by atoms with van der Waals surface area (Å²) in [6.07, 6.45) is 7.84. The first-order valence-electron chi connectivity index (χ1n) is 8.24. The van der Waals surface area contributed by atoms with Crippen molar-refractivity contribution in [2.45, 2.75) is 57.3 Å². The van der Waals surface area contributed by atoms with E-state index in [4.69, 9.17) is 11.6 Å². The molecule has 20 heavy (non-hydrogen) atoms. The number of nitrogens with one attached hydrogen (secondary N) is 1. The molecular formula is C18H26ClN. The summed E-state index contributed by atoms with van der Waals surface area (Å²) in [5.41, 5.74) is 2.85. The molecule has 1 saturated heterocycles. The van der Waals surface area contributed by atoms with Gasteiger partial charge >= 0.3 is 0 Å². The third kappa shape index (κ3) is 3.20. The lowest BCUT2D eigenvalue weighted by Gasteiger charge is -2.28. The zero-order valence-electron chi connectivity index (χ0n) is 12.5. The van der Waals surface area contributed by atoms with Crippen LogP contribution in [0.15, 0.2) is 18.2 Å². The van der Waals surface area contributed by atoms with Gasteiger partial charge in [0.2, 0.25) is 0 Å². The highest BCUT2D eigenvalue weighted by Gasteiger charge is 2.22. The minimum Gasteiger partial charge on any atom is -0.317 e. The number of hydrogen-bond acceptors (Lipinski definition) is 1. The minimum atomic E-state index is 0.695. The Morgan fingerprint density at radius 3 is 2.30 bits per heavy atom. The maximum atomic E-state index is 6.60. The summed E-state index contributed by atoms with van der Waals surface area (Å²) < 4.78 is 0. The summed E-state index contributed by atoms with van der Waals surface area (Å²) in [6.45, 7) is 4.66. The highest BCUT2D eigenvalue weighted by atomic mass is 35.5. The van der Waals surface area contributed by atoms with Gasteiger partial charge in [0.05, 0.1) is 0 Å². The van der Waals surface area contributed by atoms with Crippen LogP contribution < -0.4 is 5.32 Å². The Morgan fingerprint density at radius 2 is 1.65 bits per heavy atom. The highest BCUT2D eigenvalue weighted by molar-refractivity contribution is 6.31. The average molecular weight is 292 g/mol. The van der Waals surface area contributed by atoms with Crippen LogP contribution in [0.5, 0.6) is 0 Å². The van der Waals surface area contributed by atoms with Crippen LogP contribution in [0.3, 0.4) is 0 Å². The van der Waals surface area contributed by atoms with Gasteiger partial charge in [0.15, 0.2) is 0 Å². The standard InChI is InChI=1S/C18H26ClN/c1-13-2-4-15(5-3-13)17-7-6-16(12-18(17)19)14-8-10-20-11-9-14/h6-7,12-15,20H,2-5,8-11H2,1H3. The van der Waals surface area contributed by atoms with E-state index < -0.39 is 0 Å². The number of rotatable bonds is 2. The van der Waals surface area contributed by atoms with Crippen molar-refractivity contribution >= 4 is 11.6 Å². The summed E-state index contributed by atoms with van der Waals surface area (Å²) in [5, 5.41) is 4.45. The monoisotopic (exact) mass is 291 g/mol. The van der Waals surface area contributed by atoms with Crippen molar-refractivity contribution in [2.24, 2.45) is 5.92 Å². The number of piperidine rings is 1. The van der Waals surface area contributed by atoms with E-state index >= 15 is 0 Å². The van der Waals surface area contributed by atoms with E-state index in [1.807, 2.05) is 0 Å². The Bertz CT molecular complexity index is 443. The van der Waals surface area contributed by atoms with Crippen LogP contribution in [0.1, 0.15) is 68.4 Å². The van der Waals surface area contributed by atoms with E-state index in [0.717, 1.165) is 24.0 Å². The largest absolute Gasteiger partial charge is 0.317 e. The van der Waals surface area contributed by atoms with E-state index in [2.05, 4.69) is 30.4 Å². The number of benzene rings is 1. The van der Waals surface area contributed by atoms with Gasteiger partial charge in [-0.3, -0.25) is 0 Å². The molecule has 1 heterocycles. The molecule has 110 valence electrons. The molecule has 1 aromatic carbocycles. The Morgan fingerprint density at radius 1 is 0.950 bits per heavy atom. The molecule has 0 bridgehead atoms. The Hall–Kier alpha value is -0.530. The molecule has 0 spiro atoms. The molecule has 2 heteroatoms. The first-order valence-corrected chi connectivity index (χ1v) is 8.62. The molecule has 0 radical (unpaired) electrons. The topological polar surface area (TPSA) is 12.0 Å². The average Bonchev–Trinajstić information content (AvgIpc) is 2.49. The normalized spacial score (nSPS) is 28.5. The molecule has 1 aliphatic carbocycles. The summed E-state index contributed by atoms with van der Waals surface area (Å²) in [6, 6.07) is 6.92. The van der Waals surface area contributed by atoms with E-state index in [0.29, 0.717) is 11.8 Å². The fourth-order valence-electron chi connectivity index (χ4n) is 3.85. The Kier molecular flexibility index (Phi) is 4.68. The van der Waals surface area contributed by atoms with Crippen molar-refractivity contribution in [1.29, 1.82) is 0 Å². The smallest absolute Gasteiger partial charge is 0.0443 e. The second-order valence-electron chi connectivity index (χ2n) is 6.76. The van der Waals surface area contributed by atoms with Gasteiger partial charge in [-0.05, 0) is 73.7 Å². The molecule has 0 aromatic heterocycles. The van der Waals surface area contributed by atoms with Gasteiger partial charge in [0.1, 0.15) is 0 Å². The second kappa shape index (κ2) is 6.49. The van der Waals surface area contributed by atoms with Gasteiger partial charge < -0.3 is 5.32 Å². The lowest BCUT2D eigenvalue weighted by atomic mass is 9.79. The minimum absolute atomic E-state index is 0.695. The molecule has 1 aliphatic heterocycles. The molecule has 0 amide bonds. The van der Waals surface area contributed by atoms with Crippen LogP contribution in [0.25, 0.3) is 0 Å². The van der Waals surface area contributed by atoms with Gasteiger partial charge in [0.25, 0.3) is 0 Å². The first kappa shape index (κ1) is 14.4. The van der Waals surface area contributed by atoms with Crippen molar-refractivity contribution in [3.63, 3.8) is 0 Å².